The number of hydrogen-bond acceptors (Lipinski definition) is 0. The number of halogens is 6. The molecule has 0 aliphatic heterocycles. The highest BCUT2D eigenvalue weighted by Crippen LogP contribution is 2.48. The molecule has 0 spiro atoms. The van der Waals surface area contributed by atoms with Crippen LogP contribution in [0.2, 0.25) is 0 Å². The molecule has 0 amide bonds. The fourth-order valence-electron chi connectivity index (χ4n) is 3.02. The molecule has 0 aromatic rings. The van der Waals surface area contributed by atoms with E-state index in [0.29, 0.717) is 0 Å². The van der Waals surface area contributed by atoms with E-state index in [-0.39, 0.29) is 29.4 Å². The predicted octanol–water partition coefficient (Wildman–Crippen LogP) is 6.53. The molecule has 0 radical (unpaired) electrons. The molecule has 0 fully saturated rings. The van der Waals surface area contributed by atoms with Crippen LogP contribution in [0, 0.1) is 17.3 Å². The zero-order valence-electron chi connectivity index (χ0n) is 13.9. The summed E-state index contributed by atoms with van der Waals surface area (Å²) in [6, 6.07) is 0. The molecule has 0 nitrogen and oxygen atoms in total. The van der Waals surface area contributed by atoms with Crippen molar-refractivity contribution in [1.82, 2.24) is 0 Å². The first-order valence-electron chi connectivity index (χ1n) is 7.73. The van der Waals surface area contributed by atoms with Gasteiger partial charge in [0.05, 0.1) is 5.57 Å². The van der Waals surface area contributed by atoms with Crippen molar-refractivity contribution < 1.29 is 26.3 Å². The molecule has 2 atom stereocenters. The Morgan fingerprint density at radius 3 is 1.96 bits per heavy atom. The first-order chi connectivity index (χ1) is 10.7. The van der Waals surface area contributed by atoms with Crippen LogP contribution in [0.15, 0.2) is 46.6 Å². The van der Waals surface area contributed by atoms with Crippen LogP contribution < -0.4 is 0 Å². The van der Waals surface area contributed by atoms with Crippen LogP contribution in [0.4, 0.5) is 26.3 Å². The standard InChI is InChI=1S/C18H20F6/c1-10-7-13(14(8-11(10)2)17(19,20)21)12-5-6-16(3,4)9-15(12)18(22,23)24/h5-8,10-11H,9H2,1-4H3. The van der Waals surface area contributed by atoms with Gasteiger partial charge < -0.3 is 0 Å². The van der Waals surface area contributed by atoms with Crippen molar-refractivity contribution >= 4 is 0 Å². The molecule has 0 bridgehead atoms. The highest BCUT2D eigenvalue weighted by Gasteiger charge is 2.45. The quantitative estimate of drug-likeness (QED) is 0.472. The largest absolute Gasteiger partial charge is 0.416 e. The van der Waals surface area contributed by atoms with E-state index in [1.807, 2.05) is 0 Å². The second-order valence-corrected chi connectivity index (χ2v) is 7.27. The van der Waals surface area contributed by atoms with Gasteiger partial charge in [0.25, 0.3) is 0 Å². The lowest BCUT2D eigenvalue weighted by atomic mass is 9.74. The van der Waals surface area contributed by atoms with E-state index in [1.165, 1.54) is 12.2 Å². The molecule has 0 saturated heterocycles. The molecule has 24 heavy (non-hydrogen) atoms. The lowest BCUT2D eigenvalue weighted by molar-refractivity contribution is -0.0982. The molecule has 0 heterocycles. The van der Waals surface area contributed by atoms with Gasteiger partial charge in [-0.1, -0.05) is 52.0 Å². The molecule has 0 aromatic heterocycles. The van der Waals surface area contributed by atoms with Crippen LogP contribution in [0.3, 0.4) is 0 Å². The van der Waals surface area contributed by atoms with Gasteiger partial charge in [-0.25, -0.2) is 0 Å². The maximum atomic E-state index is 13.5. The molecule has 2 aliphatic rings. The normalized spacial score (nSPS) is 27.9. The monoisotopic (exact) mass is 350 g/mol. The molecular weight excluding hydrogens is 330 g/mol. The maximum absolute atomic E-state index is 13.5. The number of rotatable bonds is 1. The fraction of sp³-hybridized carbons (Fsp3) is 0.556. The van der Waals surface area contributed by atoms with E-state index in [1.54, 1.807) is 33.8 Å². The van der Waals surface area contributed by atoms with Gasteiger partial charge in [0, 0.05) is 5.57 Å². The minimum absolute atomic E-state index is 0.267. The first kappa shape index (κ1) is 18.9. The Balaban J connectivity index is 2.65. The third kappa shape index (κ3) is 3.78. The average Bonchev–Trinajstić information content (AvgIpc) is 2.38. The Kier molecular flexibility index (Phi) is 4.57. The molecule has 0 aromatic carbocycles. The SMILES string of the molecule is CC1C=C(C2=C(C(F)(F)F)CC(C)(C)C=C2)C(C(F)(F)F)=CC1C. The molecule has 2 unspecified atom stereocenters. The van der Waals surface area contributed by atoms with E-state index in [9.17, 15) is 26.3 Å². The summed E-state index contributed by atoms with van der Waals surface area (Å²) in [7, 11) is 0. The second kappa shape index (κ2) is 5.81. The van der Waals surface area contributed by atoms with Gasteiger partial charge in [0.2, 0.25) is 0 Å². The Morgan fingerprint density at radius 1 is 0.917 bits per heavy atom. The van der Waals surface area contributed by atoms with E-state index in [0.717, 1.165) is 6.08 Å². The summed E-state index contributed by atoms with van der Waals surface area (Å²) in [6.45, 7) is 6.60. The van der Waals surface area contributed by atoms with E-state index < -0.39 is 28.9 Å². The second-order valence-electron chi connectivity index (χ2n) is 7.27. The third-order valence-electron chi connectivity index (χ3n) is 4.58. The Labute approximate surface area is 137 Å². The fourth-order valence-corrected chi connectivity index (χ4v) is 3.02. The summed E-state index contributed by atoms with van der Waals surface area (Å²) in [5.41, 5.74) is -3.33. The zero-order valence-corrected chi connectivity index (χ0v) is 13.9. The van der Waals surface area contributed by atoms with Gasteiger partial charge in [0.15, 0.2) is 0 Å². The summed E-state index contributed by atoms with van der Waals surface area (Å²) in [6.07, 6.45) is -4.60. The molecule has 2 aliphatic carbocycles. The van der Waals surface area contributed by atoms with Gasteiger partial charge in [0.1, 0.15) is 0 Å². The summed E-state index contributed by atoms with van der Waals surface area (Å²) >= 11 is 0. The van der Waals surface area contributed by atoms with Gasteiger partial charge in [-0.05, 0) is 34.8 Å². The van der Waals surface area contributed by atoms with E-state index in [2.05, 4.69) is 0 Å². The molecular formula is C18H20F6. The van der Waals surface area contributed by atoms with E-state index >= 15 is 0 Å². The molecule has 0 saturated carbocycles. The Hall–Kier alpha value is -1.46. The Morgan fingerprint density at radius 2 is 1.46 bits per heavy atom. The van der Waals surface area contributed by atoms with E-state index in [4.69, 9.17) is 0 Å². The van der Waals surface area contributed by atoms with Crippen LogP contribution >= 0.6 is 0 Å². The minimum atomic E-state index is -4.69. The van der Waals surface area contributed by atoms with Crippen LogP contribution in [0.25, 0.3) is 0 Å². The van der Waals surface area contributed by atoms with Crippen molar-refractivity contribution in [2.24, 2.45) is 17.3 Å². The average molecular weight is 350 g/mol. The topological polar surface area (TPSA) is 0 Å². The van der Waals surface area contributed by atoms with Crippen molar-refractivity contribution in [2.75, 3.05) is 0 Å². The van der Waals surface area contributed by atoms with Crippen LogP contribution in [0.1, 0.15) is 34.1 Å². The van der Waals surface area contributed by atoms with Crippen LogP contribution in [-0.2, 0) is 0 Å². The highest BCUT2D eigenvalue weighted by atomic mass is 19.4. The van der Waals surface area contributed by atoms with Gasteiger partial charge >= 0.3 is 12.4 Å². The number of hydrogen-bond donors (Lipinski definition) is 0. The van der Waals surface area contributed by atoms with Crippen molar-refractivity contribution in [3.8, 4) is 0 Å². The summed E-state index contributed by atoms with van der Waals surface area (Å²) < 4.78 is 80.6. The van der Waals surface area contributed by atoms with Crippen molar-refractivity contribution in [3.05, 3.63) is 46.6 Å². The van der Waals surface area contributed by atoms with Gasteiger partial charge in [-0.3, -0.25) is 0 Å². The lowest BCUT2D eigenvalue weighted by Crippen LogP contribution is -2.27. The summed E-state index contributed by atoms with van der Waals surface area (Å²) in [5.74, 6) is -0.652. The van der Waals surface area contributed by atoms with Gasteiger partial charge in [-0.2, -0.15) is 26.3 Å². The van der Waals surface area contributed by atoms with Crippen LogP contribution in [-0.4, -0.2) is 12.4 Å². The van der Waals surface area contributed by atoms with Gasteiger partial charge in [-0.15, -0.1) is 0 Å². The zero-order chi connectivity index (χ0) is 18.5. The maximum Gasteiger partial charge on any atom is 0.416 e. The summed E-state index contributed by atoms with van der Waals surface area (Å²) in [4.78, 5) is 0. The third-order valence-corrected chi connectivity index (χ3v) is 4.58. The smallest absolute Gasteiger partial charge is 0.166 e. The molecule has 2 rings (SSSR count). The van der Waals surface area contributed by atoms with Crippen molar-refractivity contribution in [2.45, 2.75) is 46.5 Å². The van der Waals surface area contributed by atoms with Crippen molar-refractivity contribution in [3.63, 3.8) is 0 Å². The summed E-state index contributed by atoms with van der Waals surface area (Å²) in [5, 5.41) is 0. The van der Waals surface area contributed by atoms with Crippen LogP contribution in [0.5, 0.6) is 0 Å². The number of alkyl halides is 6. The minimum Gasteiger partial charge on any atom is -0.166 e. The Bertz CT molecular complexity index is 637. The predicted molar refractivity (Wildman–Crippen MR) is 81.2 cm³/mol. The van der Waals surface area contributed by atoms with Crippen molar-refractivity contribution in [1.29, 1.82) is 0 Å². The lowest BCUT2D eigenvalue weighted by Gasteiger charge is -2.33. The highest BCUT2D eigenvalue weighted by molar-refractivity contribution is 5.59. The molecule has 134 valence electrons. The number of allylic oxidation sites excluding steroid dienone is 8. The first-order valence-corrected chi connectivity index (χ1v) is 7.73. The molecule has 6 heteroatoms. The molecule has 0 N–H and O–H groups in total.